The van der Waals surface area contributed by atoms with E-state index in [0.717, 1.165) is 30.9 Å². The number of carbonyl (C=O) groups is 2. The van der Waals surface area contributed by atoms with E-state index in [0.29, 0.717) is 68.4 Å². The van der Waals surface area contributed by atoms with Gasteiger partial charge in [0.2, 0.25) is 0 Å². The number of nitrogens with zero attached hydrogens (tertiary/aromatic N) is 2. The van der Waals surface area contributed by atoms with Crippen LogP contribution in [-0.4, -0.2) is 85.3 Å². The third-order valence-corrected chi connectivity index (χ3v) is 7.63. The fraction of sp³-hybridized carbons (Fsp3) is 0.438. The summed E-state index contributed by atoms with van der Waals surface area (Å²) in [6, 6.07) is 9.97. The number of aliphatic hydroxyl groups is 1. The zero-order chi connectivity index (χ0) is 28.9. The molecule has 2 saturated heterocycles. The van der Waals surface area contributed by atoms with Gasteiger partial charge < -0.3 is 29.0 Å². The van der Waals surface area contributed by atoms with Gasteiger partial charge >= 0.3 is 0 Å². The molecule has 5 rings (SSSR count). The fourth-order valence-electron chi connectivity index (χ4n) is 5.70. The summed E-state index contributed by atoms with van der Waals surface area (Å²) >= 11 is 0. The Labute approximate surface area is 240 Å². The Morgan fingerprint density at radius 3 is 2.66 bits per heavy atom. The van der Waals surface area contributed by atoms with E-state index in [1.165, 1.54) is 0 Å². The van der Waals surface area contributed by atoms with Crippen molar-refractivity contribution >= 4 is 17.4 Å². The molecule has 0 saturated carbocycles. The zero-order valence-corrected chi connectivity index (χ0v) is 23.8. The number of likely N-dealkylation sites (tertiary alicyclic amines) is 1. The molecule has 0 bridgehead atoms. The summed E-state index contributed by atoms with van der Waals surface area (Å²) in [6.45, 7) is 12.5. The SMILES string of the molecule is C=CCOc1ccc([C@H]2/C(=C(\O)c3ccc4c(c3)C[C@@H](C)O4)C(=O)C(=O)N2CCCN2CCOCC2)cc1OCC. The van der Waals surface area contributed by atoms with E-state index in [9.17, 15) is 14.7 Å². The number of rotatable bonds is 11. The Balaban J connectivity index is 1.53. The van der Waals surface area contributed by atoms with Crippen molar-refractivity contribution < 1.29 is 33.6 Å². The van der Waals surface area contributed by atoms with Gasteiger partial charge in [-0.25, -0.2) is 0 Å². The molecule has 0 unspecified atom stereocenters. The molecular formula is C32H38N2O7. The number of hydrogen-bond acceptors (Lipinski definition) is 8. The summed E-state index contributed by atoms with van der Waals surface area (Å²) in [6.07, 6.45) is 3.07. The highest BCUT2D eigenvalue weighted by Gasteiger charge is 2.46. The summed E-state index contributed by atoms with van der Waals surface area (Å²) in [5, 5.41) is 11.6. The Morgan fingerprint density at radius 2 is 1.90 bits per heavy atom. The van der Waals surface area contributed by atoms with E-state index in [1.807, 2.05) is 26.0 Å². The van der Waals surface area contributed by atoms with E-state index in [1.54, 1.807) is 35.2 Å². The highest BCUT2D eigenvalue weighted by atomic mass is 16.5. The van der Waals surface area contributed by atoms with Crippen LogP contribution in [0.15, 0.2) is 54.6 Å². The number of carbonyl (C=O) groups excluding carboxylic acids is 2. The van der Waals surface area contributed by atoms with Gasteiger partial charge in [0.25, 0.3) is 11.7 Å². The first kappa shape index (κ1) is 28.7. The molecule has 0 aromatic heterocycles. The van der Waals surface area contributed by atoms with Crippen LogP contribution in [0.4, 0.5) is 0 Å². The van der Waals surface area contributed by atoms with Crippen LogP contribution in [0.3, 0.4) is 0 Å². The largest absolute Gasteiger partial charge is 0.507 e. The number of ketones is 1. The van der Waals surface area contributed by atoms with Crippen LogP contribution in [0.2, 0.25) is 0 Å². The molecule has 2 aromatic carbocycles. The second-order valence-corrected chi connectivity index (χ2v) is 10.5. The molecular weight excluding hydrogens is 524 g/mol. The van der Waals surface area contributed by atoms with Crippen LogP contribution in [0, 0.1) is 0 Å². The Hall–Kier alpha value is -3.82. The molecule has 41 heavy (non-hydrogen) atoms. The lowest BCUT2D eigenvalue weighted by Crippen LogP contribution is -2.39. The van der Waals surface area contributed by atoms with Gasteiger partial charge in [0.1, 0.15) is 24.2 Å². The minimum atomic E-state index is -0.782. The zero-order valence-electron chi connectivity index (χ0n) is 23.8. The van der Waals surface area contributed by atoms with Crippen molar-refractivity contribution in [1.29, 1.82) is 0 Å². The predicted octanol–water partition coefficient (Wildman–Crippen LogP) is 4.12. The molecule has 9 nitrogen and oxygen atoms in total. The predicted molar refractivity (Wildman–Crippen MR) is 154 cm³/mol. The van der Waals surface area contributed by atoms with Crippen molar-refractivity contribution in [3.05, 3.63) is 71.3 Å². The maximum atomic E-state index is 13.6. The molecule has 0 aliphatic carbocycles. The summed E-state index contributed by atoms with van der Waals surface area (Å²) < 4.78 is 22.9. The number of aliphatic hydroxyl groups excluding tert-OH is 1. The number of benzene rings is 2. The minimum absolute atomic E-state index is 0.0400. The fourth-order valence-corrected chi connectivity index (χ4v) is 5.70. The van der Waals surface area contributed by atoms with Crippen molar-refractivity contribution in [3.63, 3.8) is 0 Å². The molecule has 9 heteroatoms. The highest BCUT2D eigenvalue weighted by molar-refractivity contribution is 6.46. The number of ether oxygens (including phenoxy) is 4. The van der Waals surface area contributed by atoms with Crippen molar-refractivity contribution in [2.75, 3.05) is 52.6 Å². The molecule has 3 aliphatic heterocycles. The van der Waals surface area contributed by atoms with Crippen molar-refractivity contribution in [2.45, 2.75) is 38.8 Å². The molecule has 2 fully saturated rings. The molecule has 0 spiro atoms. The molecule has 1 N–H and O–H groups in total. The molecule has 2 aromatic rings. The lowest BCUT2D eigenvalue weighted by molar-refractivity contribution is -0.140. The first-order valence-electron chi connectivity index (χ1n) is 14.3. The summed E-state index contributed by atoms with van der Waals surface area (Å²) in [4.78, 5) is 30.9. The van der Waals surface area contributed by atoms with Gasteiger partial charge in [-0.1, -0.05) is 18.7 Å². The van der Waals surface area contributed by atoms with E-state index in [-0.39, 0.29) is 17.4 Å². The highest BCUT2D eigenvalue weighted by Crippen LogP contribution is 2.43. The average molecular weight is 563 g/mol. The molecule has 0 radical (unpaired) electrons. The number of hydrogen-bond donors (Lipinski definition) is 1. The van der Waals surface area contributed by atoms with Crippen molar-refractivity contribution in [2.24, 2.45) is 0 Å². The maximum absolute atomic E-state index is 13.6. The van der Waals surface area contributed by atoms with Gasteiger partial charge in [-0.15, -0.1) is 0 Å². The minimum Gasteiger partial charge on any atom is -0.507 e. The molecule has 3 aliphatic rings. The van der Waals surface area contributed by atoms with Crippen LogP contribution in [0.25, 0.3) is 5.76 Å². The standard InChI is InChI=1S/C32H38N2O7/c1-4-15-40-26-10-7-22(20-27(26)39-5-2)29-28(30(35)23-8-9-25-24(19-23)18-21(3)41-25)31(36)32(37)34(29)12-6-11-33-13-16-38-17-14-33/h4,7-10,19-21,29,35H,1,5-6,11-18H2,2-3H3/b30-28+/t21-,29+/m1/s1. The molecule has 3 heterocycles. The topological polar surface area (TPSA) is 97.8 Å². The number of fused-ring (bicyclic) bond motifs is 1. The van der Waals surface area contributed by atoms with E-state index in [4.69, 9.17) is 18.9 Å². The van der Waals surface area contributed by atoms with Gasteiger partial charge in [0.05, 0.1) is 31.4 Å². The van der Waals surface area contributed by atoms with Gasteiger partial charge in [-0.2, -0.15) is 0 Å². The second-order valence-electron chi connectivity index (χ2n) is 10.5. The van der Waals surface area contributed by atoms with E-state index in [2.05, 4.69) is 11.5 Å². The number of amides is 1. The van der Waals surface area contributed by atoms with Gasteiger partial charge in [0.15, 0.2) is 11.5 Å². The van der Waals surface area contributed by atoms with Crippen LogP contribution >= 0.6 is 0 Å². The van der Waals surface area contributed by atoms with Crippen molar-refractivity contribution in [1.82, 2.24) is 9.80 Å². The van der Waals surface area contributed by atoms with Gasteiger partial charge in [-0.3, -0.25) is 14.5 Å². The van der Waals surface area contributed by atoms with Gasteiger partial charge in [0, 0.05) is 38.2 Å². The number of Topliss-reactive ketones (excluding diaryl/α,β-unsaturated/α-hetero) is 1. The Bertz CT molecular complexity index is 1330. The average Bonchev–Trinajstić information content (AvgIpc) is 3.48. The molecule has 1 amide bonds. The molecule has 2 atom stereocenters. The quantitative estimate of drug-likeness (QED) is 0.189. The van der Waals surface area contributed by atoms with Crippen LogP contribution in [0.5, 0.6) is 17.2 Å². The lowest BCUT2D eigenvalue weighted by Gasteiger charge is -2.29. The van der Waals surface area contributed by atoms with Crippen LogP contribution in [0.1, 0.15) is 43.0 Å². The van der Waals surface area contributed by atoms with Gasteiger partial charge in [-0.05, 0) is 61.7 Å². The van der Waals surface area contributed by atoms with E-state index < -0.39 is 17.7 Å². The summed E-state index contributed by atoms with van der Waals surface area (Å²) in [7, 11) is 0. The Morgan fingerprint density at radius 1 is 1.10 bits per heavy atom. The molecule has 218 valence electrons. The third kappa shape index (κ3) is 6.11. The third-order valence-electron chi connectivity index (χ3n) is 7.63. The summed E-state index contributed by atoms with van der Waals surface area (Å²) in [5.74, 6) is 0.277. The first-order valence-corrected chi connectivity index (χ1v) is 14.3. The normalized spacial score (nSPS) is 22.0. The monoisotopic (exact) mass is 562 g/mol. The van der Waals surface area contributed by atoms with Crippen LogP contribution in [-0.2, 0) is 20.7 Å². The van der Waals surface area contributed by atoms with Crippen molar-refractivity contribution in [3.8, 4) is 17.2 Å². The Kier molecular flexibility index (Phi) is 8.95. The number of morpholine rings is 1. The first-order chi connectivity index (χ1) is 19.9. The lowest BCUT2D eigenvalue weighted by atomic mass is 9.94. The van der Waals surface area contributed by atoms with E-state index >= 15 is 0 Å². The summed E-state index contributed by atoms with van der Waals surface area (Å²) in [5.41, 5.74) is 2.16. The second kappa shape index (κ2) is 12.8. The maximum Gasteiger partial charge on any atom is 0.295 e. The smallest absolute Gasteiger partial charge is 0.295 e. The van der Waals surface area contributed by atoms with Crippen LogP contribution < -0.4 is 14.2 Å².